The highest BCUT2D eigenvalue weighted by Crippen LogP contribution is 2.36. The molecule has 9 heteroatoms. The molecule has 6 N–H and O–H groups in total. The fourth-order valence-electron chi connectivity index (χ4n) is 2.05. The minimum absolute atomic E-state index is 0.00391. The number of unbranched alkanes of at least 4 members (excludes halogenated alkanes) is 1. The van der Waals surface area contributed by atoms with Crippen LogP contribution in [0.25, 0.3) is 0 Å². The monoisotopic (exact) mass is 376 g/mol. The lowest BCUT2D eigenvalue weighted by atomic mass is 10.0. The third-order valence-corrected chi connectivity index (χ3v) is 4.67. The second kappa shape index (κ2) is 8.51. The predicted octanol–water partition coefficient (Wildman–Crippen LogP) is 0.0944. The summed E-state index contributed by atoms with van der Waals surface area (Å²) in [5.74, 6) is -6.97. The van der Waals surface area contributed by atoms with Crippen LogP contribution < -0.4 is 4.74 Å². The van der Waals surface area contributed by atoms with E-state index >= 15 is 0 Å². The summed E-state index contributed by atoms with van der Waals surface area (Å²) in [4.78, 5) is 12.2. The molecule has 0 saturated carbocycles. The molecule has 25 heavy (non-hydrogen) atoms. The molecular weight excluding hydrogens is 351 g/mol. The molecule has 1 aromatic rings. The lowest BCUT2D eigenvalue weighted by Crippen LogP contribution is -2.57. The van der Waals surface area contributed by atoms with E-state index in [-0.39, 0.29) is 23.9 Å². The van der Waals surface area contributed by atoms with Gasteiger partial charge in [-0.3, -0.25) is 4.79 Å². The Morgan fingerprint density at radius 2 is 1.60 bits per heavy atom. The zero-order chi connectivity index (χ0) is 19.3. The van der Waals surface area contributed by atoms with E-state index in [0.29, 0.717) is 6.42 Å². The largest absolute Gasteiger partial charge is 0.439 e. The van der Waals surface area contributed by atoms with Crippen LogP contribution >= 0.6 is 8.58 Å². The second-order valence-corrected chi connectivity index (χ2v) is 7.43. The van der Waals surface area contributed by atoms with Gasteiger partial charge in [0.25, 0.3) is 5.79 Å². The van der Waals surface area contributed by atoms with Gasteiger partial charge in [-0.15, -0.1) is 0 Å². The van der Waals surface area contributed by atoms with E-state index in [1.54, 1.807) is 6.92 Å². The SMILES string of the molecule is CCCCC(O)(O)Oc1ccc(C(=O)C(O)(O)C(O)(O)PCC)cc1. The van der Waals surface area contributed by atoms with Crippen LogP contribution in [0.3, 0.4) is 0 Å². The average Bonchev–Trinajstić information content (AvgIpc) is 2.52. The fourth-order valence-corrected chi connectivity index (χ4v) is 2.90. The maximum Gasteiger partial charge on any atom is 0.321 e. The van der Waals surface area contributed by atoms with E-state index in [4.69, 9.17) is 4.74 Å². The molecule has 1 rings (SSSR count). The van der Waals surface area contributed by atoms with Gasteiger partial charge in [0.2, 0.25) is 11.3 Å². The third-order valence-electron chi connectivity index (χ3n) is 3.48. The van der Waals surface area contributed by atoms with Gasteiger partial charge >= 0.3 is 5.97 Å². The highest BCUT2D eigenvalue weighted by molar-refractivity contribution is 7.39. The van der Waals surface area contributed by atoms with Crippen LogP contribution in [0, 0.1) is 0 Å². The van der Waals surface area contributed by atoms with Crippen molar-refractivity contribution in [1.29, 1.82) is 0 Å². The molecule has 1 unspecified atom stereocenters. The van der Waals surface area contributed by atoms with Crippen LogP contribution in [0.15, 0.2) is 24.3 Å². The summed E-state index contributed by atoms with van der Waals surface area (Å²) >= 11 is 0. The van der Waals surface area contributed by atoms with Gasteiger partial charge in [-0.05, 0) is 36.8 Å². The van der Waals surface area contributed by atoms with Crippen LogP contribution in [0.5, 0.6) is 5.75 Å². The molecule has 0 aliphatic heterocycles. The number of hydrogen-bond donors (Lipinski definition) is 6. The van der Waals surface area contributed by atoms with E-state index in [9.17, 15) is 35.4 Å². The van der Waals surface area contributed by atoms with Gasteiger partial charge in [-0.1, -0.05) is 28.8 Å². The molecule has 0 aromatic heterocycles. The van der Waals surface area contributed by atoms with Crippen LogP contribution in [-0.4, -0.2) is 59.9 Å². The van der Waals surface area contributed by atoms with E-state index in [0.717, 1.165) is 18.6 Å². The Morgan fingerprint density at radius 1 is 1.04 bits per heavy atom. The van der Waals surface area contributed by atoms with Gasteiger partial charge in [-0.2, -0.15) is 0 Å². The topological polar surface area (TPSA) is 148 Å². The van der Waals surface area contributed by atoms with Crippen molar-refractivity contribution in [2.45, 2.75) is 50.4 Å². The predicted molar refractivity (Wildman–Crippen MR) is 91.3 cm³/mol. The number of ether oxygens (including phenoxy) is 1. The van der Waals surface area contributed by atoms with Crippen molar-refractivity contribution in [2.75, 3.05) is 6.16 Å². The standard InChI is InChI=1S/C16H25O8P/c1-3-5-10-14(18,19)24-12-8-6-11(7-9-12)13(17)15(20,21)16(22,23)25-4-2/h6-9,18-23,25H,3-5,10H2,1-2H3. The van der Waals surface area contributed by atoms with Gasteiger partial charge in [-0.25, -0.2) is 0 Å². The normalized spacial score (nSPS) is 13.4. The lowest BCUT2D eigenvalue weighted by Gasteiger charge is -2.33. The third kappa shape index (κ3) is 5.69. The maximum absolute atomic E-state index is 12.2. The first-order valence-corrected chi connectivity index (χ1v) is 9.10. The summed E-state index contributed by atoms with van der Waals surface area (Å²) in [5, 5.41) is 58.5. The summed E-state index contributed by atoms with van der Waals surface area (Å²) < 4.78 is 5.01. The first kappa shape index (κ1) is 21.9. The minimum atomic E-state index is -3.37. The first-order chi connectivity index (χ1) is 11.5. The zero-order valence-corrected chi connectivity index (χ0v) is 15.1. The van der Waals surface area contributed by atoms with Crippen molar-refractivity contribution in [3.8, 4) is 5.75 Å². The quantitative estimate of drug-likeness (QED) is 0.191. The molecule has 0 heterocycles. The Labute approximate surface area is 147 Å². The van der Waals surface area contributed by atoms with Crippen molar-refractivity contribution in [3.05, 3.63) is 29.8 Å². The van der Waals surface area contributed by atoms with Crippen molar-refractivity contribution >= 4 is 14.4 Å². The number of rotatable bonds is 10. The molecule has 0 saturated heterocycles. The Balaban J connectivity index is 2.90. The summed E-state index contributed by atoms with van der Waals surface area (Å²) in [6.45, 7) is 3.48. The summed E-state index contributed by atoms with van der Waals surface area (Å²) in [6.07, 6.45) is 1.52. The van der Waals surface area contributed by atoms with E-state index in [1.165, 1.54) is 12.1 Å². The molecule has 0 aliphatic carbocycles. The number of benzene rings is 1. The van der Waals surface area contributed by atoms with Gasteiger partial charge in [0.15, 0.2) is 0 Å². The Bertz CT molecular complexity index is 568. The maximum atomic E-state index is 12.2. The van der Waals surface area contributed by atoms with Crippen LogP contribution in [0.4, 0.5) is 0 Å². The highest BCUT2D eigenvalue weighted by Gasteiger charge is 2.53. The Hall–Kier alpha value is -1.12. The zero-order valence-electron chi connectivity index (χ0n) is 14.1. The number of hydrogen-bond acceptors (Lipinski definition) is 8. The van der Waals surface area contributed by atoms with Gasteiger partial charge in [0, 0.05) is 12.0 Å². The van der Waals surface area contributed by atoms with E-state index < -0.39 is 31.7 Å². The molecule has 8 nitrogen and oxygen atoms in total. The Kier molecular flexibility index (Phi) is 7.46. The number of aliphatic hydroxyl groups is 6. The molecule has 1 atom stereocenters. The summed E-state index contributed by atoms with van der Waals surface area (Å²) in [7, 11) is -0.680. The summed E-state index contributed by atoms with van der Waals surface area (Å²) in [5.41, 5.74) is -3.18. The second-order valence-electron chi connectivity index (χ2n) is 5.68. The van der Waals surface area contributed by atoms with Crippen LogP contribution in [-0.2, 0) is 0 Å². The molecular formula is C16H25O8P. The number of carbonyl (C=O) groups is 1. The van der Waals surface area contributed by atoms with Crippen molar-refractivity contribution in [1.82, 2.24) is 0 Å². The van der Waals surface area contributed by atoms with Crippen LogP contribution in [0.2, 0.25) is 0 Å². The first-order valence-electron chi connectivity index (χ1n) is 7.90. The van der Waals surface area contributed by atoms with Crippen LogP contribution in [0.1, 0.15) is 43.5 Å². The van der Waals surface area contributed by atoms with Gasteiger partial charge in [0.1, 0.15) is 5.75 Å². The van der Waals surface area contributed by atoms with Gasteiger partial charge in [0.05, 0.1) is 0 Å². The molecule has 0 amide bonds. The molecule has 0 bridgehead atoms. The summed E-state index contributed by atoms with van der Waals surface area (Å²) in [6, 6.07) is 4.77. The van der Waals surface area contributed by atoms with E-state index in [1.807, 2.05) is 6.92 Å². The molecule has 0 fully saturated rings. The molecule has 1 aromatic carbocycles. The van der Waals surface area contributed by atoms with Crippen molar-refractivity contribution in [2.24, 2.45) is 0 Å². The molecule has 0 spiro atoms. The molecule has 142 valence electrons. The lowest BCUT2D eigenvalue weighted by molar-refractivity contribution is -0.295. The fraction of sp³-hybridized carbons (Fsp3) is 0.562. The smallest absolute Gasteiger partial charge is 0.321 e. The number of ketones is 1. The number of Topliss-reactive ketones (excluding diaryl/α,β-unsaturated/α-hetero) is 1. The number of carbonyl (C=O) groups excluding carboxylic acids is 1. The van der Waals surface area contributed by atoms with E-state index in [2.05, 4.69) is 0 Å². The highest BCUT2D eigenvalue weighted by atomic mass is 31.1. The molecule has 0 aliphatic rings. The van der Waals surface area contributed by atoms with Crippen molar-refractivity contribution in [3.63, 3.8) is 0 Å². The Morgan fingerprint density at radius 3 is 2.08 bits per heavy atom. The van der Waals surface area contributed by atoms with Crippen molar-refractivity contribution < 1.29 is 40.2 Å². The van der Waals surface area contributed by atoms with Gasteiger partial charge < -0.3 is 35.4 Å². The average molecular weight is 376 g/mol. The minimum Gasteiger partial charge on any atom is -0.439 e. The molecule has 0 radical (unpaired) electrons.